The molecule has 5 rings (SSSR count). The molecule has 0 radical (unpaired) electrons. The van der Waals surface area contributed by atoms with E-state index in [0.29, 0.717) is 5.11 Å². The monoisotopic (exact) mass is 487 g/mol. The summed E-state index contributed by atoms with van der Waals surface area (Å²) < 4.78 is 2.11. The fourth-order valence-corrected chi connectivity index (χ4v) is 5.32. The number of nitro benzene ring substituents is 1. The highest BCUT2D eigenvalue weighted by molar-refractivity contribution is 7.99. The number of non-ortho nitro benzene ring substituents is 1. The second-order valence-electron chi connectivity index (χ2n) is 7.89. The number of thiocarbonyl (C=S) groups is 1. The predicted octanol–water partition coefficient (Wildman–Crippen LogP) is 5.66. The zero-order chi connectivity index (χ0) is 23.7. The standard InChI is InChI=1S/C25H21N5O2S2/c1-28-16-4-6-22(28)24-23(21-5-2-3-15-26-21)27-25(33)29(24)17-7-11-19(12-8-17)34-20-13-9-18(10-14-20)30(31)32/h2-16,23-24H,1H3,(H,27,33)/t23-,24-/m1/s1. The van der Waals surface area contributed by atoms with Gasteiger partial charge < -0.3 is 14.8 Å². The van der Waals surface area contributed by atoms with Crippen LogP contribution >= 0.6 is 24.0 Å². The van der Waals surface area contributed by atoms with Gasteiger partial charge in [-0.05, 0) is 72.9 Å². The maximum absolute atomic E-state index is 10.9. The van der Waals surface area contributed by atoms with Crippen LogP contribution in [-0.2, 0) is 7.05 Å². The molecule has 7 nitrogen and oxygen atoms in total. The smallest absolute Gasteiger partial charge is 0.269 e. The summed E-state index contributed by atoms with van der Waals surface area (Å²) in [5.41, 5.74) is 3.13. The minimum absolute atomic E-state index is 0.0597. The molecule has 3 heterocycles. The van der Waals surface area contributed by atoms with Gasteiger partial charge in [0.05, 0.1) is 16.7 Å². The third-order valence-electron chi connectivity index (χ3n) is 5.78. The molecule has 0 saturated carbocycles. The van der Waals surface area contributed by atoms with Crippen LogP contribution in [0.25, 0.3) is 0 Å². The van der Waals surface area contributed by atoms with Crippen molar-refractivity contribution in [1.29, 1.82) is 0 Å². The predicted molar refractivity (Wildman–Crippen MR) is 137 cm³/mol. The molecule has 1 aliphatic rings. The normalized spacial score (nSPS) is 17.6. The van der Waals surface area contributed by atoms with Crippen molar-refractivity contribution in [2.24, 2.45) is 7.05 Å². The van der Waals surface area contributed by atoms with Crippen molar-refractivity contribution >= 4 is 40.5 Å². The molecule has 0 amide bonds. The van der Waals surface area contributed by atoms with Crippen molar-refractivity contribution in [3.8, 4) is 0 Å². The van der Waals surface area contributed by atoms with Gasteiger partial charge in [-0.25, -0.2) is 0 Å². The minimum atomic E-state index is -0.391. The summed E-state index contributed by atoms with van der Waals surface area (Å²) in [5, 5.41) is 15.0. The van der Waals surface area contributed by atoms with Gasteiger partial charge >= 0.3 is 0 Å². The highest BCUT2D eigenvalue weighted by Crippen LogP contribution is 2.42. The van der Waals surface area contributed by atoms with E-state index in [1.807, 2.05) is 49.6 Å². The average molecular weight is 488 g/mol. The number of nitro groups is 1. The third-order valence-corrected chi connectivity index (χ3v) is 7.11. The van der Waals surface area contributed by atoms with Gasteiger partial charge in [0.15, 0.2) is 5.11 Å². The molecule has 1 aliphatic heterocycles. The first-order chi connectivity index (χ1) is 16.5. The number of aromatic nitrogens is 2. The van der Waals surface area contributed by atoms with Crippen LogP contribution in [0.5, 0.6) is 0 Å². The zero-order valence-electron chi connectivity index (χ0n) is 18.2. The van der Waals surface area contributed by atoms with Crippen LogP contribution in [-0.4, -0.2) is 19.6 Å². The molecule has 0 spiro atoms. The quantitative estimate of drug-likeness (QED) is 0.214. The van der Waals surface area contributed by atoms with E-state index in [2.05, 4.69) is 38.0 Å². The van der Waals surface area contributed by atoms with Crippen molar-refractivity contribution in [1.82, 2.24) is 14.9 Å². The number of rotatable bonds is 6. The highest BCUT2D eigenvalue weighted by atomic mass is 32.2. The van der Waals surface area contributed by atoms with E-state index in [9.17, 15) is 10.1 Å². The lowest BCUT2D eigenvalue weighted by Crippen LogP contribution is -2.30. The molecule has 1 saturated heterocycles. The lowest BCUT2D eigenvalue weighted by molar-refractivity contribution is -0.384. The lowest BCUT2D eigenvalue weighted by atomic mass is 10.0. The van der Waals surface area contributed by atoms with E-state index in [-0.39, 0.29) is 17.8 Å². The van der Waals surface area contributed by atoms with E-state index in [1.165, 1.54) is 12.1 Å². The Morgan fingerprint density at radius 1 is 1.00 bits per heavy atom. The summed E-state index contributed by atoms with van der Waals surface area (Å²) >= 11 is 7.34. The molecular weight excluding hydrogens is 466 g/mol. The van der Waals surface area contributed by atoms with Crippen LogP contribution in [0.2, 0.25) is 0 Å². The number of anilines is 1. The number of aryl methyl sites for hydroxylation is 1. The van der Waals surface area contributed by atoms with Gasteiger partial charge in [-0.15, -0.1) is 0 Å². The van der Waals surface area contributed by atoms with Crippen LogP contribution in [0.1, 0.15) is 23.5 Å². The Morgan fingerprint density at radius 3 is 2.29 bits per heavy atom. The maximum atomic E-state index is 10.9. The fourth-order valence-electron chi connectivity index (χ4n) is 4.16. The molecule has 1 N–H and O–H groups in total. The molecule has 170 valence electrons. The lowest BCUT2D eigenvalue weighted by Gasteiger charge is -2.28. The molecule has 0 bridgehead atoms. The Bertz CT molecular complexity index is 1320. The summed E-state index contributed by atoms with van der Waals surface area (Å²) in [7, 11) is 2.04. The van der Waals surface area contributed by atoms with Crippen LogP contribution < -0.4 is 10.2 Å². The summed E-state index contributed by atoms with van der Waals surface area (Å²) in [6.45, 7) is 0. The van der Waals surface area contributed by atoms with Crippen molar-refractivity contribution in [3.63, 3.8) is 0 Å². The Kier molecular flexibility index (Phi) is 6.04. The van der Waals surface area contributed by atoms with Crippen LogP contribution in [0.3, 0.4) is 0 Å². The molecule has 1 fully saturated rings. The van der Waals surface area contributed by atoms with Gasteiger partial charge in [-0.1, -0.05) is 17.8 Å². The molecule has 9 heteroatoms. The van der Waals surface area contributed by atoms with Crippen molar-refractivity contribution in [2.75, 3.05) is 4.90 Å². The first-order valence-electron chi connectivity index (χ1n) is 10.7. The number of hydrogen-bond donors (Lipinski definition) is 1. The zero-order valence-corrected chi connectivity index (χ0v) is 19.9. The summed E-state index contributed by atoms with van der Waals surface area (Å²) in [6, 6.07) is 24.7. The molecule has 2 aromatic heterocycles. The highest BCUT2D eigenvalue weighted by Gasteiger charge is 2.41. The molecule has 4 aromatic rings. The van der Waals surface area contributed by atoms with Gasteiger partial charge in [-0.2, -0.15) is 0 Å². The van der Waals surface area contributed by atoms with E-state index in [4.69, 9.17) is 12.2 Å². The third kappa shape index (κ3) is 4.27. The number of pyridine rings is 1. The van der Waals surface area contributed by atoms with Crippen LogP contribution in [0.15, 0.2) is 101 Å². The van der Waals surface area contributed by atoms with Crippen molar-refractivity contribution in [2.45, 2.75) is 21.9 Å². The molecule has 2 aromatic carbocycles. The van der Waals surface area contributed by atoms with Gasteiger partial charge in [0.2, 0.25) is 0 Å². The summed E-state index contributed by atoms with van der Waals surface area (Å²) in [5.74, 6) is 0. The Labute approximate surface area is 206 Å². The molecule has 34 heavy (non-hydrogen) atoms. The van der Waals surface area contributed by atoms with Gasteiger partial charge in [-0.3, -0.25) is 15.1 Å². The second-order valence-corrected chi connectivity index (χ2v) is 9.42. The average Bonchev–Trinajstić information content (AvgIpc) is 3.42. The minimum Gasteiger partial charge on any atom is -0.353 e. The van der Waals surface area contributed by atoms with Crippen LogP contribution in [0.4, 0.5) is 11.4 Å². The van der Waals surface area contributed by atoms with E-state index < -0.39 is 4.92 Å². The summed E-state index contributed by atoms with van der Waals surface area (Å²) in [4.78, 5) is 19.2. The van der Waals surface area contributed by atoms with E-state index in [0.717, 1.165) is 26.9 Å². The molecule has 2 atom stereocenters. The SMILES string of the molecule is Cn1cccc1[C@@H]1[C@@H](c2ccccn2)NC(=S)N1c1ccc(Sc2ccc([N+](=O)[O-])cc2)cc1. The maximum Gasteiger partial charge on any atom is 0.269 e. The topological polar surface area (TPSA) is 76.2 Å². The molecular formula is C25H21N5O2S2. The van der Waals surface area contributed by atoms with Crippen molar-refractivity contribution in [3.05, 3.63) is 113 Å². The number of hydrogen-bond acceptors (Lipinski definition) is 5. The fraction of sp³-hybridized carbons (Fsp3) is 0.120. The molecule has 0 aliphatic carbocycles. The summed E-state index contributed by atoms with van der Waals surface area (Å²) in [6.07, 6.45) is 3.84. The Morgan fingerprint density at radius 2 is 1.71 bits per heavy atom. The Hall–Kier alpha value is -3.69. The van der Waals surface area contributed by atoms with Gasteiger partial charge in [0.1, 0.15) is 6.04 Å². The van der Waals surface area contributed by atoms with Gasteiger partial charge in [0.25, 0.3) is 5.69 Å². The largest absolute Gasteiger partial charge is 0.353 e. The molecule has 0 unspecified atom stereocenters. The van der Waals surface area contributed by atoms with E-state index >= 15 is 0 Å². The van der Waals surface area contributed by atoms with E-state index in [1.54, 1.807) is 30.1 Å². The van der Waals surface area contributed by atoms with Crippen LogP contribution in [0, 0.1) is 10.1 Å². The Balaban J connectivity index is 1.44. The van der Waals surface area contributed by atoms with Crippen molar-refractivity contribution < 1.29 is 4.92 Å². The second kappa shape index (κ2) is 9.28. The number of benzene rings is 2. The first kappa shape index (κ1) is 22.1. The van der Waals surface area contributed by atoms with Gasteiger partial charge in [0, 0.05) is 52.7 Å². The number of nitrogens with one attached hydrogen (secondary N) is 1. The number of nitrogens with zero attached hydrogens (tertiary/aromatic N) is 4. The first-order valence-corrected chi connectivity index (χ1v) is 11.9.